The molecule has 1 aromatic carbocycles. The van der Waals surface area contributed by atoms with Crippen LogP contribution in [-0.4, -0.2) is 8.76 Å². The first-order valence-corrected chi connectivity index (χ1v) is 6.23. The third kappa shape index (κ3) is 3.29. The van der Waals surface area contributed by atoms with E-state index in [9.17, 15) is 8.76 Å². The third-order valence-corrected chi connectivity index (χ3v) is 3.07. The van der Waals surface area contributed by atoms with Gasteiger partial charge in [0.05, 0.1) is 0 Å². The predicted molar refractivity (Wildman–Crippen MR) is 60.7 cm³/mol. The van der Waals surface area contributed by atoms with Crippen molar-refractivity contribution in [3.63, 3.8) is 0 Å². The Hall–Kier alpha value is -0.930. The van der Waals surface area contributed by atoms with Crippen LogP contribution in [0.15, 0.2) is 35.7 Å². The molecular weight excluding hydrogens is 208 g/mol. The highest BCUT2D eigenvalue weighted by molar-refractivity contribution is 7.82. The molecule has 1 aromatic rings. The summed E-state index contributed by atoms with van der Waals surface area (Å²) < 4.78 is 21.4. The second kappa shape index (κ2) is 4.73. The lowest BCUT2D eigenvalue weighted by molar-refractivity contribution is 0.546. The van der Waals surface area contributed by atoms with E-state index in [4.69, 9.17) is 0 Å². The molecule has 0 aromatic heterocycles. The summed E-state index contributed by atoms with van der Waals surface area (Å²) in [5, 5.41) is 1.34. The summed E-state index contributed by atoms with van der Waals surface area (Å²) in [5.41, 5.74) is 1.96. The van der Waals surface area contributed by atoms with Gasteiger partial charge in [-0.1, -0.05) is 30.3 Å². The molecule has 0 spiro atoms. The van der Waals surface area contributed by atoms with E-state index in [2.05, 4.69) is 0 Å². The fourth-order valence-electron chi connectivity index (χ4n) is 1.64. The molecule has 15 heavy (non-hydrogen) atoms. The molecule has 1 unspecified atom stereocenters. The van der Waals surface area contributed by atoms with Crippen molar-refractivity contribution in [2.75, 3.05) is 0 Å². The van der Waals surface area contributed by atoms with Gasteiger partial charge in [-0.05, 0) is 52.8 Å². The highest BCUT2D eigenvalue weighted by atomic mass is 32.2. The first kappa shape index (κ1) is 10.6. The maximum absolute atomic E-state index is 10.7. The molecule has 1 aliphatic rings. The van der Waals surface area contributed by atoms with E-state index >= 15 is 0 Å². The lowest BCUT2D eigenvalue weighted by Gasteiger charge is -2.08. The van der Waals surface area contributed by atoms with Crippen LogP contribution in [0, 0.1) is 5.92 Å². The first-order valence-electron chi connectivity index (χ1n) is 5.10. The summed E-state index contributed by atoms with van der Waals surface area (Å²) in [6.45, 7) is 0. The maximum Gasteiger partial charge on any atom is -0.00770 e. The molecule has 3 heteroatoms. The van der Waals surface area contributed by atoms with E-state index < -0.39 is 11.1 Å². The van der Waals surface area contributed by atoms with Crippen LogP contribution in [0.2, 0.25) is 0 Å². The van der Waals surface area contributed by atoms with Crippen LogP contribution in [0.4, 0.5) is 0 Å². The van der Waals surface area contributed by atoms with Gasteiger partial charge in [0.1, 0.15) is 0 Å². The molecule has 80 valence electrons. The number of benzene rings is 1. The van der Waals surface area contributed by atoms with Crippen molar-refractivity contribution in [3.05, 3.63) is 41.3 Å². The van der Waals surface area contributed by atoms with Crippen LogP contribution in [0.5, 0.6) is 0 Å². The molecule has 0 saturated heterocycles. The number of rotatable bonds is 4. The van der Waals surface area contributed by atoms with Crippen LogP contribution in [0.25, 0.3) is 5.57 Å². The Balaban J connectivity index is 2.21. The fraction of sp³-hybridized carbons (Fsp3) is 0.333. The van der Waals surface area contributed by atoms with Crippen molar-refractivity contribution >= 4 is 16.7 Å². The second-order valence-corrected chi connectivity index (χ2v) is 4.67. The van der Waals surface area contributed by atoms with Crippen LogP contribution in [-0.2, 0) is 11.1 Å². The van der Waals surface area contributed by atoms with Crippen molar-refractivity contribution in [1.82, 2.24) is 0 Å². The van der Waals surface area contributed by atoms with E-state index in [0.717, 1.165) is 17.6 Å². The smallest absolute Gasteiger partial charge is 0.00770 e. The minimum absolute atomic E-state index is 0.694. The average molecular weight is 221 g/mol. The molecule has 0 aliphatic heterocycles. The molecule has 1 aliphatic carbocycles. The molecule has 2 rings (SSSR count). The molecular formula is C12H13O2S-. The van der Waals surface area contributed by atoms with E-state index in [1.54, 1.807) is 0 Å². The van der Waals surface area contributed by atoms with Crippen molar-refractivity contribution < 1.29 is 8.76 Å². The number of hydrogen-bond donors (Lipinski definition) is 0. The highest BCUT2D eigenvalue weighted by Crippen LogP contribution is 2.38. The monoisotopic (exact) mass is 221 g/mol. The summed E-state index contributed by atoms with van der Waals surface area (Å²) in [6, 6.07) is 9.72. The standard InChI is InChI=1S/C12H14O2S/c13-15(14)9-12(8-10-6-7-10)11-4-2-1-3-5-11/h1-5,9-10H,6-8H2,(H,13,14)/p-1. The van der Waals surface area contributed by atoms with Gasteiger partial charge in [0, 0.05) is 0 Å². The third-order valence-electron chi connectivity index (χ3n) is 2.59. The van der Waals surface area contributed by atoms with Crippen molar-refractivity contribution in [3.8, 4) is 0 Å². The minimum atomic E-state index is -2.10. The van der Waals surface area contributed by atoms with Crippen LogP contribution < -0.4 is 0 Å². The van der Waals surface area contributed by atoms with Gasteiger partial charge < -0.3 is 4.55 Å². The largest absolute Gasteiger partial charge is 0.769 e. The molecule has 0 radical (unpaired) electrons. The van der Waals surface area contributed by atoms with Gasteiger partial charge in [-0.15, -0.1) is 0 Å². The van der Waals surface area contributed by atoms with Crippen LogP contribution >= 0.6 is 0 Å². The predicted octanol–water partition coefficient (Wildman–Crippen LogP) is 2.71. The summed E-state index contributed by atoms with van der Waals surface area (Å²) in [6.07, 6.45) is 3.35. The zero-order chi connectivity index (χ0) is 10.7. The van der Waals surface area contributed by atoms with E-state index in [1.165, 1.54) is 18.2 Å². The summed E-state index contributed by atoms with van der Waals surface area (Å²) in [5.74, 6) is 0.694. The zero-order valence-corrected chi connectivity index (χ0v) is 9.20. The van der Waals surface area contributed by atoms with Crippen LogP contribution in [0.3, 0.4) is 0 Å². The zero-order valence-electron chi connectivity index (χ0n) is 8.39. The van der Waals surface area contributed by atoms with Gasteiger partial charge in [0.25, 0.3) is 0 Å². The molecule has 0 bridgehead atoms. The van der Waals surface area contributed by atoms with Crippen molar-refractivity contribution in [1.29, 1.82) is 0 Å². The lowest BCUT2D eigenvalue weighted by Crippen LogP contribution is -1.90. The molecule has 0 heterocycles. The number of hydrogen-bond acceptors (Lipinski definition) is 2. The fourth-order valence-corrected chi connectivity index (χ4v) is 2.10. The molecule has 2 nitrogen and oxygen atoms in total. The van der Waals surface area contributed by atoms with E-state index in [-0.39, 0.29) is 0 Å². The van der Waals surface area contributed by atoms with Crippen molar-refractivity contribution in [2.45, 2.75) is 19.3 Å². The molecule has 1 atom stereocenters. The SMILES string of the molecule is O=S([O-])C=C(CC1CC1)c1ccccc1. The molecule has 0 amide bonds. The summed E-state index contributed by atoms with van der Waals surface area (Å²) >= 11 is -2.10. The molecule has 1 fully saturated rings. The van der Waals surface area contributed by atoms with Crippen LogP contribution in [0.1, 0.15) is 24.8 Å². The molecule has 0 N–H and O–H groups in total. The Morgan fingerprint density at radius 2 is 2.07 bits per heavy atom. The second-order valence-electron chi connectivity index (χ2n) is 3.92. The maximum atomic E-state index is 10.7. The summed E-state index contributed by atoms with van der Waals surface area (Å²) in [7, 11) is 0. The van der Waals surface area contributed by atoms with E-state index in [1.807, 2.05) is 30.3 Å². The van der Waals surface area contributed by atoms with Gasteiger partial charge in [-0.25, -0.2) is 0 Å². The quantitative estimate of drug-likeness (QED) is 0.733. The summed E-state index contributed by atoms with van der Waals surface area (Å²) in [4.78, 5) is 0. The van der Waals surface area contributed by atoms with Gasteiger partial charge in [-0.3, -0.25) is 4.21 Å². The Kier molecular flexibility index (Phi) is 3.34. The Labute approximate surface area is 92.3 Å². The topological polar surface area (TPSA) is 40.1 Å². The van der Waals surface area contributed by atoms with Gasteiger partial charge in [0.2, 0.25) is 0 Å². The van der Waals surface area contributed by atoms with Gasteiger partial charge >= 0.3 is 0 Å². The average Bonchev–Trinajstić information content (AvgIpc) is 3.01. The van der Waals surface area contributed by atoms with Crippen molar-refractivity contribution in [2.24, 2.45) is 5.92 Å². The van der Waals surface area contributed by atoms with E-state index in [0.29, 0.717) is 5.92 Å². The molecule has 1 saturated carbocycles. The van der Waals surface area contributed by atoms with Gasteiger partial charge in [-0.2, -0.15) is 0 Å². The van der Waals surface area contributed by atoms with Gasteiger partial charge in [0.15, 0.2) is 0 Å². The first-order chi connectivity index (χ1) is 7.25. The Morgan fingerprint density at radius 1 is 1.40 bits per heavy atom. The lowest BCUT2D eigenvalue weighted by atomic mass is 10.0. The Bertz CT molecular complexity index is 380. The highest BCUT2D eigenvalue weighted by Gasteiger charge is 2.22. The number of allylic oxidation sites excluding steroid dienone is 1. The minimum Gasteiger partial charge on any atom is -0.769 e. The Morgan fingerprint density at radius 3 is 2.60 bits per heavy atom. The normalized spacial score (nSPS) is 18.9.